The van der Waals surface area contributed by atoms with Crippen LogP contribution in [-0.2, 0) is 0 Å². The van der Waals surface area contributed by atoms with Gasteiger partial charge in [0.05, 0.1) is 0 Å². The Labute approximate surface area is 73.7 Å². The fraction of sp³-hybridized carbons (Fsp3) is 1.00. The summed E-state index contributed by atoms with van der Waals surface area (Å²) in [7, 11) is 2.21. The van der Waals surface area contributed by atoms with E-state index in [0.29, 0.717) is 5.41 Å². The summed E-state index contributed by atoms with van der Waals surface area (Å²) in [5, 5.41) is 0. The van der Waals surface area contributed by atoms with Gasteiger partial charge in [0.15, 0.2) is 0 Å². The van der Waals surface area contributed by atoms with Crippen LogP contribution in [0.3, 0.4) is 0 Å². The Balaban J connectivity index is 1.89. The summed E-state index contributed by atoms with van der Waals surface area (Å²) in [5.74, 6) is 1.75. The van der Waals surface area contributed by atoms with E-state index in [2.05, 4.69) is 11.9 Å². The normalized spacial score (nSPS) is 36.0. The van der Waals surface area contributed by atoms with Crippen LogP contribution in [0, 0.1) is 11.3 Å². The average Bonchev–Trinajstić information content (AvgIpc) is 2.71. The SMILES string of the molecule is CN1CCC2(CC1)CC2CCl. The van der Waals surface area contributed by atoms with Crippen molar-refractivity contribution in [3.63, 3.8) is 0 Å². The first-order valence-electron chi connectivity index (χ1n) is 4.51. The molecule has 1 heterocycles. The summed E-state index contributed by atoms with van der Waals surface area (Å²) in [4.78, 5) is 2.43. The Hall–Kier alpha value is 0.250. The number of nitrogens with zero attached hydrogens (tertiary/aromatic N) is 1. The number of piperidine rings is 1. The Kier molecular flexibility index (Phi) is 1.89. The van der Waals surface area contributed by atoms with Gasteiger partial charge in [-0.15, -0.1) is 11.6 Å². The van der Waals surface area contributed by atoms with Crippen LogP contribution in [-0.4, -0.2) is 30.9 Å². The molecule has 64 valence electrons. The van der Waals surface area contributed by atoms with Gasteiger partial charge in [-0.05, 0) is 50.7 Å². The molecule has 0 aromatic rings. The highest BCUT2D eigenvalue weighted by Crippen LogP contribution is 2.59. The number of alkyl halides is 1. The third kappa shape index (κ3) is 1.29. The Morgan fingerprint density at radius 3 is 2.55 bits per heavy atom. The lowest BCUT2D eigenvalue weighted by molar-refractivity contribution is 0.195. The second kappa shape index (κ2) is 2.63. The molecule has 1 atom stereocenters. The number of likely N-dealkylation sites (tertiary alicyclic amines) is 1. The van der Waals surface area contributed by atoms with E-state index in [1.54, 1.807) is 0 Å². The lowest BCUT2D eigenvalue weighted by atomic mass is 9.91. The molecular formula is C9H16ClN. The maximum Gasteiger partial charge on any atom is 0.0257 e. The summed E-state index contributed by atoms with van der Waals surface area (Å²) in [6.07, 6.45) is 4.19. The fourth-order valence-corrected chi connectivity index (χ4v) is 2.76. The highest BCUT2D eigenvalue weighted by molar-refractivity contribution is 6.18. The van der Waals surface area contributed by atoms with Gasteiger partial charge in [0.25, 0.3) is 0 Å². The van der Waals surface area contributed by atoms with Crippen molar-refractivity contribution in [3.05, 3.63) is 0 Å². The van der Waals surface area contributed by atoms with Crippen molar-refractivity contribution in [1.82, 2.24) is 4.90 Å². The predicted octanol–water partition coefficient (Wildman–Crippen LogP) is 1.96. The first-order valence-corrected chi connectivity index (χ1v) is 5.05. The molecule has 11 heavy (non-hydrogen) atoms. The van der Waals surface area contributed by atoms with Crippen molar-refractivity contribution in [2.45, 2.75) is 19.3 Å². The van der Waals surface area contributed by atoms with Gasteiger partial charge in [-0.25, -0.2) is 0 Å². The molecule has 1 unspecified atom stereocenters. The third-order valence-corrected chi connectivity index (χ3v) is 3.90. The van der Waals surface area contributed by atoms with Crippen LogP contribution < -0.4 is 0 Å². The minimum Gasteiger partial charge on any atom is -0.306 e. The van der Waals surface area contributed by atoms with Crippen LogP contribution in [0.25, 0.3) is 0 Å². The van der Waals surface area contributed by atoms with Crippen LogP contribution in [0.5, 0.6) is 0 Å². The molecule has 0 aromatic heterocycles. The van der Waals surface area contributed by atoms with E-state index in [9.17, 15) is 0 Å². The summed E-state index contributed by atoms with van der Waals surface area (Å²) in [6.45, 7) is 2.57. The van der Waals surface area contributed by atoms with E-state index in [1.807, 2.05) is 0 Å². The Morgan fingerprint density at radius 1 is 1.45 bits per heavy atom. The highest BCUT2D eigenvalue weighted by Gasteiger charge is 2.53. The Bertz CT molecular complexity index is 150. The summed E-state index contributed by atoms with van der Waals surface area (Å²) < 4.78 is 0. The molecule has 2 fully saturated rings. The molecule has 1 saturated heterocycles. The van der Waals surface area contributed by atoms with Crippen molar-refractivity contribution < 1.29 is 0 Å². The molecule has 1 aliphatic heterocycles. The molecule has 0 aromatic carbocycles. The molecule has 2 rings (SSSR count). The molecule has 1 nitrogen and oxygen atoms in total. The van der Waals surface area contributed by atoms with Gasteiger partial charge < -0.3 is 4.90 Å². The third-order valence-electron chi connectivity index (χ3n) is 3.53. The standard InChI is InChI=1S/C9H16ClN/c1-11-4-2-9(3-5-11)6-8(9)7-10/h8H,2-7H2,1H3. The van der Waals surface area contributed by atoms with Gasteiger partial charge in [-0.3, -0.25) is 0 Å². The van der Waals surface area contributed by atoms with Crippen molar-refractivity contribution >= 4 is 11.6 Å². The van der Waals surface area contributed by atoms with Gasteiger partial charge in [-0.2, -0.15) is 0 Å². The van der Waals surface area contributed by atoms with E-state index in [0.717, 1.165) is 11.8 Å². The number of hydrogen-bond donors (Lipinski definition) is 0. The molecule has 1 spiro atoms. The van der Waals surface area contributed by atoms with Gasteiger partial charge >= 0.3 is 0 Å². The van der Waals surface area contributed by atoms with Crippen LogP contribution in [0.15, 0.2) is 0 Å². The van der Waals surface area contributed by atoms with Gasteiger partial charge in [0.2, 0.25) is 0 Å². The van der Waals surface area contributed by atoms with E-state index < -0.39 is 0 Å². The smallest absolute Gasteiger partial charge is 0.0257 e. The monoisotopic (exact) mass is 173 g/mol. The van der Waals surface area contributed by atoms with Crippen LogP contribution in [0.2, 0.25) is 0 Å². The molecule has 0 amide bonds. The first kappa shape index (κ1) is 7.88. The van der Waals surface area contributed by atoms with Gasteiger partial charge in [0.1, 0.15) is 0 Å². The summed E-state index contributed by atoms with van der Waals surface area (Å²) in [5.41, 5.74) is 0.703. The molecule has 0 bridgehead atoms. The zero-order valence-electron chi connectivity index (χ0n) is 7.15. The minimum atomic E-state index is 0.703. The minimum absolute atomic E-state index is 0.703. The van der Waals surface area contributed by atoms with Crippen LogP contribution in [0.4, 0.5) is 0 Å². The second-order valence-electron chi connectivity index (χ2n) is 4.22. The zero-order chi connectivity index (χ0) is 7.90. The molecule has 0 radical (unpaired) electrons. The van der Waals surface area contributed by atoms with E-state index >= 15 is 0 Å². The fourth-order valence-electron chi connectivity index (χ4n) is 2.33. The van der Waals surface area contributed by atoms with Crippen molar-refractivity contribution in [2.24, 2.45) is 11.3 Å². The molecule has 2 aliphatic rings. The maximum atomic E-state index is 5.84. The quantitative estimate of drug-likeness (QED) is 0.548. The largest absolute Gasteiger partial charge is 0.306 e. The lowest BCUT2D eigenvalue weighted by Gasteiger charge is -2.29. The number of halogens is 1. The van der Waals surface area contributed by atoms with Crippen molar-refractivity contribution in [2.75, 3.05) is 26.0 Å². The van der Waals surface area contributed by atoms with Gasteiger partial charge in [-0.1, -0.05) is 0 Å². The van der Waals surface area contributed by atoms with E-state index in [-0.39, 0.29) is 0 Å². The second-order valence-corrected chi connectivity index (χ2v) is 4.53. The molecule has 0 N–H and O–H groups in total. The highest BCUT2D eigenvalue weighted by atomic mass is 35.5. The molecule has 1 aliphatic carbocycles. The molecular weight excluding hydrogens is 158 g/mol. The van der Waals surface area contributed by atoms with Crippen LogP contribution in [0.1, 0.15) is 19.3 Å². The van der Waals surface area contributed by atoms with Crippen molar-refractivity contribution in [1.29, 1.82) is 0 Å². The van der Waals surface area contributed by atoms with Crippen molar-refractivity contribution in [3.8, 4) is 0 Å². The summed E-state index contributed by atoms with van der Waals surface area (Å²) >= 11 is 5.84. The zero-order valence-corrected chi connectivity index (χ0v) is 7.90. The maximum absolute atomic E-state index is 5.84. The summed E-state index contributed by atoms with van der Waals surface area (Å²) in [6, 6.07) is 0. The van der Waals surface area contributed by atoms with E-state index in [4.69, 9.17) is 11.6 Å². The molecule has 1 saturated carbocycles. The number of hydrogen-bond acceptors (Lipinski definition) is 1. The molecule has 2 heteroatoms. The lowest BCUT2D eigenvalue weighted by Crippen LogP contribution is -2.32. The first-order chi connectivity index (χ1) is 5.27. The van der Waals surface area contributed by atoms with Crippen LogP contribution >= 0.6 is 11.6 Å². The van der Waals surface area contributed by atoms with Gasteiger partial charge in [0, 0.05) is 5.88 Å². The predicted molar refractivity (Wildman–Crippen MR) is 48.0 cm³/mol. The topological polar surface area (TPSA) is 3.24 Å². The van der Waals surface area contributed by atoms with E-state index in [1.165, 1.54) is 32.4 Å². The Morgan fingerprint density at radius 2 is 2.09 bits per heavy atom. The number of rotatable bonds is 1. The average molecular weight is 174 g/mol.